The van der Waals surface area contributed by atoms with Crippen molar-refractivity contribution in [1.82, 2.24) is 4.31 Å². The standard InChI is InChI=1S/C16H19NO2S/c1-14-8-6-7-11-16(14)13-20(18,19)17(2)12-15-9-4-3-5-10-15/h3-11H,12-13H2,1-2H3. The largest absolute Gasteiger partial charge is 0.218 e. The summed E-state index contributed by atoms with van der Waals surface area (Å²) in [5.41, 5.74) is 2.85. The summed E-state index contributed by atoms with van der Waals surface area (Å²) in [5, 5.41) is 0. The number of benzene rings is 2. The monoisotopic (exact) mass is 289 g/mol. The molecule has 0 heterocycles. The maximum atomic E-state index is 12.4. The summed E-state index contributed by atoms with van der Waals surface area (Å²) >= 11 is 0. The lowest BCUT2D eigenvalue weighted by atomic mass is 10.1. The van der Waals surface area contributed by atoms with Crippen molar-refractivity contribution in [3.8, 4) is 0 Å². The molecule has 0 saturated heterocycles. The fourth-order valence-electron chi connectivity index (χ4n) is 2.02. The Morgan fingerprint density at radius 2 is 1.55 bits per heavy atom. The van der Waals surface area contributed by atoms with Gasteiger partial charge in [0.1, 0.15) is 0 Å². The second kappa shape index (κ2) is 6.20. The average Bonchev–Trinajstić information content (AvgIpc) is 2.42. The van der Waals surface area contributed by atoms with Crippen LogP contribution in [0.1, 0.15) is 16.7 Å². The van der Waals surface area contributed by atoms with Crippen LogP contribution in [0.3, 0.4) is 0 Å². The molecular formula is C16H19NO2S. The molecule has 0 aromatic heterocycles. The Labute approximate surface area is 120 Å². The summed E-state index contributed by atoms with van der Waals surface area (Å²) in [7, 11) is -1.68. The van der Waals surface area contributed by atoms with Gasteiger partial charge in [-0.2, -0.15) is 0 Å². The molecule has 0 aliphatic carbocycles. The fraction of sp³-hybridized carbons (Fsp3) is 0.250. The zero-order chi connectivity index (χ0) is 14.6. The number of hydrogen-bond acceptors (Lipinski definition) is 2. The van der Waals surface area contributed by atoms with E-state index < -0.39 is 10.0 Å². The van der Waals surface area contributed by atoms with Crippen molar-refractivity contribution in [2.24, 2.45) is 0 Å². The van der Waals surface area contributed by atoms with Crippen molar-refractivity contribution in [3.63, 3.8) is 0 Å². The summed E-state index contributed by atoms with van der Waals surface area (Å²) in [5.74, 6) is 0.0446. The number of hydrogen-bond donors (Lipinski definition) is 0. The molecule has 0 bridgehead atoms. The first kappa shape index (κ1) is 14.8. The number of sulfonamides is 1. The molecule has 0 amide bonds. The molecule has 4 heteroatoms. The zero-order valence-corrected chi connectivity index (χ0v) is 12.6. The normalized spacial score (nSPS) is 11.8. The Morgan fingerprint density at radius 1 is 0.950 bits per heavy atom. The third-order valence-corrected chi connectivity index (χ3v) is 5.08. The molecule has 2 aromatic rings. The van der Waals surface area contributed by atoms with Gasteiger partial charge in [0.15, 0.2) is 0 Å². The second-order valence-electron chi connectivity index (χ2n) is 4.92. The van der Waals surface area contributed by atoms with E-state index in [1.165, 1.54) is 4.31 Å². The highest BCUT2D eigenvalue weighted by Gasteiger charge is 2.19. The van der Waals surface area contributed by atoms with Crippen molar-refractivity contribution in [1.29, 1.82) is 0 Å². The van der Waals surface area contributed by atoms with Gasteiger partial charge in [-0.1, -0.05) is 54.6 Å². The van der Waals surface area contributed by atoms with Crippen molar-refractivity contribution in [2.75, 3.05) is 7.05 Å². The first-order valence-corrected chi connectivity index (χ1v) is 8.12. The van der Waals surface area contributed by atoms with Gasteiger partial charge < -0.3 is 0 Å². The fourth-order valence-corrected chi connectivity index (χ4v) is 3.30. The molecule has 0 radical (unpaired) electrons. The molecule has 2 rings (SSSR count). The van der Waals surface area contributed by atoms with Crippen LogP contribution in [0.5, 0.6) is 0 Å². The quantitative estimate of drug-likeness (QED) is 0.848. The van der Waals surface area contributed by atoms with Crippen LogP contribution in [0.15, 0.2) is 54.6 Å². The van der Waals surface area contributed by atoms with Crippen LogP contribution in [-0.2, 0) is 22.3 Å². The maximum Gasteiger partial charge on any atom is 0.218 e. The molecule has 0 saturated carbocycles. The second-order valence-corrected chi connectivity index (χ2v) is 7.00. The lowest BCUT2D eigenvalue weighted by Gasteiger charge is -2.18. The lowest BCUT2D eigenvalue weighted by molar-refractivity contribution is 0.466. The number of rotatable bonds is 5. The number of nitrogens with zero attached hydrogens (tertiary/aromatic N) is 1. The first-order valence-electron chi connectivity index (χ1n) is 6.51. The highest BCUT2D eigenvalue weighted by molar-refractivity contribution is 7.88. The molecular weight excluding hydrogens is 270 g/mol. The minimum atomic E-state index is -3.30. The van der Waals surface area contributed by atoms with Gasteiger partial charge in [0.05, 0.1) is 5.75 Å². The minimum Gasteiger partial charge on any atom is -0.212 e. The van der Waals surface area contributed by atoms with Gasteiger partial charge in [0.25, 0.3) is 0 Å². The van der Waals surface area contributed by atoms with Crippen LogP contribution in [0.25, 0.3) is 0 Å². The van der Waals surface area contributed by atoms with Gasteiger partial charge in [-0.05, 0) is 23.6 Å². The van der Waals surface area contributed by atoms with Crippen LogP contribution >= 0.6 is 0 Å². The van der Waals surface area contributed by atoms with Gasteiger partial charge in [0, 0.05) is 13.6 Å². The van der Waals surface area contributed by atoms with E-state index in [1.54, 1.807) is 7.05 Å². The predicted octanol–water partition coefficient (Wildman–Crippen LogP) is 2.96. The smallest absolute Gasteiger partial charge is 0.212 e. The minimum absolute atomic E-state index is 0.0446. The average molecular weight is 289 g/mol. The zero-order valence-electron chi connectivity index (χ0n) is 11.8. The van der Waals surface area contributed by atoms with E-state index in [9.17, 15) is 8.42 Å². The molecule has 0 aliphatic rings. The SMILES string of the molecule is Cc1ccccc1CS(=O)(=O)N(C)Cc1ccccc1. The molecule has 0 N–H and O–H groups in total. The van der Waals surface area contributed by atoms with Crippen LogP contribution in [-0.4, -0.2) is 19.8 Å². The van der Waals surface area contributed by atoms with Gasteiger partial charge in [-0.15, -0.1) is 0 Å². The van der Waals surface area contributed by atoms with E-state index in [0.29, 0.717) is 6.54 Å². The summed E-state index contributed by atoms with van der Waals surface area (Å²) < 4.78 is 26.2. The van der Waals surface area contributed by atoms with E-state index in [4.69, 9.17) is 0 Å². The highest BCUT2D eigenvalue weighted by atomic mass is 32.2. The maximum absolute atomic E-state index is 12.4. The summed E-state index contributed by atoms with van der Waals surface area (Å²) in [6.45, 7) is 2.33. The van der Waals surface area contributed by atoms with Crippen LogP contribution in [0, 0.1) is 6.92 Å². The molecule has 106 valence electrons. The topological polar surface area (TPSA) is 37.4 Å². The Balaban J connectivity index is 2.12. The summed E-state index contributed by atoms with van der Waals surface area (Å²) in [4.78, 5) is 0. The van der Waals surface area contributed by atoms with Crippen molar-refractivity contribution in [2.45, 2.75) is 19.2 Å². The van der Waals surface area contributed by atoms with E-state index in [-0.39, 0.29) is 5.75 Å². The molecule has 2 aromatic carbocycles. The Kier molecular flexibility index (Phi) is 4.57. The van der Waals surface area contributed by atoms with E-state index in [2.05, 4.69) is 0 Å². The van der Waals surface area contributed by atoms with E-state index in [1.807, 2.05) is 61.5 Å². The van der Waals surface area contributed by atoms with Crippen molar-refractivity contribution >= 4 is 10.0 Å². The van der Waals surface area contributed by atoms with Gasteiger partial charge in [-0.3, -0.25) is 0 Å². The Bertz CT molecular complexity index is 666. The summed E-state index contributed by atoms with van der Waals surface area (Å²) in [6.07, 6.45) is 0. The molecule has 3 nitrogen and oxygen atoms in total. The first-order chi connectivity index (χ1) is 9.49. The molecule has 0 unspecified atom stereocenters. The van der Waals surface area contributed by atoms with Crippen molar-refractivity contribution < 1.29 is 8.42 Å². The van der Waals surface area contributed by atoms with Gasteiger partial charge >= 0.3 is 0 Å². The van der Waals surface area contributed by atoms with E-state index >= 15 is 0 Å². The van der Waals surface area contributed by atoms with Gasteiger partial charge in [-0.25, -0.2) is 12.7 Å². The molecule has 20 heavy (non-hydrogen) atoms. The summed E-state index contributed by atoms with van der Waals surface area (Å²) in [6, 6.07) is 17.2. The highest BCUT2D eigenvalue weighted by Crippen LogP contribution is 2.15. The third kappa shape index (κ3) is 3.68. The molecule has 0 fully saturated rings. The van der Waals surface area contributed by atoms with Crippen LogP contribution in [0.4, 0.5) is 0 Å². The Hall–Kier alpha value is -1.65. The molecule has 0 atom stereocenters. The van der Waals surface area contributed by atoms with Crippen molar-refractivity contribution in [3.05, 3.63) is 71.3 Å². The van der Waals surface area contributed by atoms with Gasteiger partial charge in [0.2, 0.25) is 10.0 Å². The Morgan fingerprint density at radius 3 is 2.20 bits per heavy atom. The third-order valence-electron chi connectivity index (χ3n) is 3.32. The van der Waals surface area contributed by atoms with Crippen LogP contribution < -0.4 is 0 Å². The van der Waals surface area contributed by atoms with E-state index in [0.717, 1.165) is 16.7 Å². The molecule has 0 spiro atoms. The lowest BCUT2D eigenvalue weighted by Crippen LogP contribution is -2.27. The predicted molar refractivity (Wildman–Crippen MR) is 81.7 cm³/mol. The molecule has 0 aliphatic heterocycles. The van der Waals surface area contributed by atoms with Crippen LogP contribution in [0.2, 0.25) is 0 Å². The number of aryl methyl sites for hydroxylation is 1.